The number of hydrogen-bond donors (Lipinski definition) is 0. The average molecular weight is 373 g/mol. The number of nitro groups is 1. The zero-order valence-corrected chi connectivity index (χ0v) is 14.9. The lowest BCUT2D eigenvalue weighted by atomic mass is 10.0. The highest BCUT2D eigenvalue weighted by molar-refractivity contribution is 5.36. The first-order chi connectivity index (χ1) is 13.0. The van der Waals surface area contributed by atoms with E-state index in [2.05, 4.69) is 26.7 Å². The number of anilines is 1. The van der Waals surface area contributed by atoms with E-state index >= 15 is 0 Å². The van der Waals surface area contributed by atoms with Crippen molar-refractivity contribution in [3.8, 4) is 5.75 Å². The molecule has 142 valence electrons. The fourth-order valence-corrected chi connectivity index (χ4v) is 3.96. The predicted octanol–water partition coefficient (Wildman–Crippen LogP) is 2.25. The van der Waals surface area contributed by atoms with Crippen LogP contribution in [0.3, 0.4) is 0 Å². The number of halogens is 1. The lowest BCUT2D eigenvalue weighted by Crippen LogP contribution is -2.56. The Labute approximate surface area is 155 Å². The molecule has 9 heteroatoms. The SMILES string of the molecule is CC1[C@@H]2C[C@H](Oc3ccc([N+](=O)[O-])cc3)CN2CCN1c1ncc(F)cn1. The number of nitrogens with zero attached hydrogens (tertiary/aromatic N) is 5. The molecule has 2 aliphatic heterocycles. The van der Waals surface area contributed by atoms with E-state index in [1.165, 1.54) is 24.5 Å². The monoisotopic (exact) mass is 373 g/mol. The first-order valence-electron chi connectivity index (χ1n) is 8.90. The fourth-order valence-electron chi connectivity index (χ4n) is 3.96. The van der Waals surface area contributed by atoms with Gasteiger partial charge in [0, 0.05) is 50.3 Å². The number of piperazine rings is 1. The highest BCUT2D eigenvalue weighted by Gasteiger charge is 2.42. The maximum absolute atomic E-state index is 13.1. The number of hydrogen-bond acceptors (Lipinski definition) is 7. The first kappa shape index (κ1) is 17.6. The molecule has 1 aromatic carbocycles. The summed E-state index contributed by atoms with van der Waals surface area (Å²) in [7, 11) is 0. The lowest BCUT2D eigenvalue weighted by Gasteiger charge is -2.42. The summed E-state index contributed by atoms with van der Waals surface area (Å²) in [4.78, 5) is 23.0. The Kier molecular flexibility index (Phi) is 4.61. The van der Waals surface area contributed by atoms with Gasteiger partial charge in [0.05, 0.1) is 17.3 Å². The average Bonchev–Trinajstić information content (AvgIpc) is 3.07. The lowest BCUT2D eigenvalue weighted by molar-refractivity contribution is -0.384. The third kappa shape index (κ3) is 3.55. The van der Waals surface area contributed by atoms with Crippen molar-refractivity contribution in [1.82, 2.24) is 14.9 Å². The van der Waals surface area contributed by atoms with Crippen molar-refractivity contribution in [2.45, 2.75) is 31.5 Å². The molecule has 0 N–H and O–H groups in total. The van der Waals surface area contributed by atoms with Gasteiger partial charge in [-0.3, -0.25) is 15.0 Å². The van der Waals surface area contributed by atoms with E-state index in [0.29, 0.717) is 11.7 Å². The van der Waals surface area contributed by atoms with Crippen LogP contribution < -0.4 is 9.64 Å². The Morgan fingerprint density at radius 1 is 1.22 bits per heavy atom. The van der Waals surface area contributed by atoms with Crippen LogP contribution >= 0.6 is 0 Å². The van der Waals surface area contributed by atoms with Crippen LogP contribution in [0.1, 0.15) is 13.3 Å². The van der Waals surface area contributed by atoms with E-state index in [1.807, 2.05) is 0 Å². The van der Waals surface area contributed by atoms with Crippen LogP contribution in [0.2, 0.25) is 0 Å². The third-order valence-corrected chi connectivity index (χ3v) is 5.30. The molecule has 0 saturated carbocycles. The Bertz CT molecular complexity index is 817. The van der Waals surface area contributed by atoms with Gasteiger partial charge in [-0.25, -0.2) is 14.4 Å². The Balaban J connectivity index is 1.42. The van der Waals surface area contributed by atoms with Gasteiger partial charge in [-0.1, -0.05) is 0 Å². The van der Waals surface area contributed by atoms with Crippen LogP contribution in [0.15, 0.2) is 36.7 Å². The molecule has 2 aromatic rings. The highest BCUT2D eigenvalue weighted by Crippen LogP contribution is 2.31. The van der Waals surface area contributed by atoms with Crippen molar-refractivity contribution in [2.24, 2.45) is 0 Å². The third-order valence-electron chi connectivity index (χ3n) is 5.30. The molecule has 2 saturated heterocycles. The molecule has 8 nitrogen and oxygen atoms in total. The van der Waals surface area contributed by atoms with Crippen LogP contribution in [-0.4, -0.2) is 57.6 Å². The predicted molar refractivity (Wildman–Crippen MR) is 96.3 cm³/mol. The standard InChI is InChI=1S/C18H20FN5O3/c1-12-17-8-16(27-15-4-2-14(3-5-15)24(25)26)11-22(17)6-7-23(12)18-20-9-13(19)10-21-18/h2-5,9-10,12,16-17H,6-8,11H2,1H3/t12?,16-,17-/m0/s1. The van der Waals surface area contributed by atoms with Crippen molar-refractivity contribution in [1.29, 1.82) is 0 Å². The number of nitro benzene ring substituents is 1. The van der Waals surface area contributed by atoms with Gasteiger partial charge < -0.3 is 9.64 Å². The van der Waals surface area contributed by atoms with Gasteiger partial charge in [0.25, 0.3) is 5.69 Å². The van der Waals surface area contributed by atoms with Gasteiger partial charge in [-0.15, -0.1) is 0 Å². The molecule has 2 aliphatic rings. The van der Waals surface area contributed by atoms with Gasteiger partial charge in [0.15, 0.2) is 5.82 Å². The Morgan fingerprint density at radius 3 is 2.59 bits per heavy atom. The summed E-state index contributed by atoms with van der Waals surface area (Å²) in [5.74, 6) is 0.738. The smallest absolute Gasteiger partial charge is 0.269 e. The topological polar surface area (TPSA) is 84.6 Å². The zero-order chi connectivity index (χ0) is 19.0. The molecule has 3 heterocycles. The number of aromatic nitrogens is 2. The molecule has 4 rings (SSSR count). The molecule has 0 spiro atoms. The van der Waals surface area contributed by atoms with E-state index in [9.17, 15) is 14.5 Å². The highest BCUT2D eigenvalue weighted by atomic mass is 19.1. The van der Waals surface area contributed by atoms with E-state index in [1.54, 1.807) is 12.1 Å². The van der Waals surface area contributed by atoms with Crippen molar-refractivity contribution in [3.05, 3.63) is 52.6 Å². The molecule has 1 unspecified atom stereocenters. The molecule has 2 fully saturated rings. The molecule has 0 aliphatic carbocycles. The number of ether oxygens (including phenoxy) is 1. The Hall–Kier alpha value is -2.81. The minimum Gasteiger partial charge on any atom is -0.489 e. The van der Waals surface area contributed by atoms with Crippen molar-refractivity contribution in [3.63, 3.8) is 0 Å². The molecule has 1 aromatic heterocycles. The van der Waals surface area contributed by atoms with E-state index < -0.39 is 10.7 Å². The molecule has 27 heavy (non-hydrogen) atoms. The van der Waals surface area contributed by atoms with Crippen LogP contribution in [0, 0.1) is 15.9 Å². The molecule has 0 bridgehead atoms. The van der Waals surface area contributed by atoms with Gasteiger partial charge >= 0.3 is 0 Å². The summed E-state index contributed by atoms with van der Waals surface area (Å²) < 4.78 is 19.1. The van der Waals surface area contributed by atoms with Crippen molar-refractivity contribution in [2.75, 3.05) is 24.5 Å². The second kappa shape index (κ2) is 7.07. The summed E-state index contributed by atoms with van der Waals surface area (Å²) in [6.45, 7) is 4.56. The fraction of sp³-hybridized carbons (Fsp3) is 0.444. The van der Waals surface area contributed by atoms with E-state index in [0.717, 1.165) is 26.1 Å². The summed E-state index contributed by atoms with van der Waals surface area (Å²) in [5.41, 5.74) is 0.0507. The van der Waals surface area contributed by atoms with Crippen LogP contribution in [0.5, 0.6) is 5.75 Å². The van der Waals surface area contributed by atoms with E-state index in [-0.39, 0.29) is 23.9 Å². The Morgan fingerprint density at radius 2 is 1.93 bits per heavy atom. The summed E-state index contributed by atoms with van der Waals surface area (Å²) in [5, 5.41) is 10.8. The first-order valence-corrected chi connectivity index (χ1v) is 8.90. The van der Waals surface area contributed by atoms with Gasteiger partial charge in [0.1, 0.15) is 11.9 Å². The maximum atomic E-state index is 13.1. The summed E-state index contributed by atoms with van der Waals surface area (Å²) in [6, 6.07) is 6.64. The maximum Gasteiger partial charge on any atom is 0.269 e. The van der Waals surface area contributed by atoms with Crippen molar-refractivity contribution < 1.29 is 14.1 Å². The number of fused-ring (bicyclic) bond motifs is 1. The second-order valence-corrected chi connectivity index (χ2v) is 6.92. The number of non-ortho nitro benzene ring substituents is 1. The minimum atomic E-state index is -0.442. The van der Waals surface area contributed by atoms with Gasteiger partial charge in [-0.05, 0) is 19.1 Å². The van der Waals surface area contributed by atoms with Gasteiger partial charge in [0.2, 0.25) is 5.95 Å². The van der Waals surface area contributed by atoms with Crippen LogP contribution in [0.4, 0.5) is 16.0 Å². The summed E-state index contributed by atoms with van der Waals surface area (Å²) >= 11 is 0. The largest absolute Gasteiger partial charge is 0.489 e. The normalized spacial score (nSPS) is 25.3. The van der Waals surface area contributed by atoms with Crippen LogP contribution in [-0.2, 0) is 0 Å². The summed E-state index contributed by atoms with van der Waals surface area (Å²) in [6.07, 6.45) is 3.25. The quantitative estimate of drug-likeness (QED) is 0.600. The molecule has 0 radical (unpaired) electrons. The molecule has 0 amide bonds. The molecular weight excluding hydrogens is 353 g/mol. The molecule has 3 atom stereocenters. The number of benzene rings is 1. The zero-order valence-electron chi connectivity index (χ0n) is 14.9. The minimum absolute atomic E-state index is 0.0213. The number of rotatable bonds is 4. The van der Waals surface area contributed by atoms with Crippen molar-refractivity contribution >= 4 is 11.6 Å². The van der Waals surface area contributed by atoms with E-state index in [4.69, 9.17) is 4.74 Å². The van der Waals surface area contributed by atoms with Gasteiger partial charge in [-0.2, -0.15) is 0 Å². The molecular formula is C18H20FN5O3. The van der Waals surface area contributed by atoms with Crippen LogP contribution in [0.25, 0.3) is 0 Å². The second-order valence-electron chi connectivity index (χ2n) is 6.92.